The normalized spacial score (nSPS) is 34.4. The van der Waals surface area contributed by atoms with Crippen molar-refractivity contribution < 1.29 is 9.59 Å². The van der Waals surface area contributed by atoms with E-state index in [1.165, 1.54) is 19.3 Å². The average Bonchev–Trinajstić information content (AvgIpc) is 2.43. The lowest BCUT2D eigenvalue weighted by molar-refractivity contribution is -0.128. The molecular weight excluding hydrogens is 266 g/mol. The van der Waals surface area contributed by atoms with Gasteiger partial charge in [-0.2, -0.15) is 0 Å². The molecule has 0 aromatic rings. The summed E-state index contributed by atoms with van der Waals surface area (Å²) >= 11 is 0. The second kappa shape index (κ2) is 7.25. The Labute approximate surface area is 127 Å². The first-order chi connectivity index (χ1) is 9.97. The van der Waals surface area contributed by atoms with Gasteiger partial charge in [0.2, 0.25) is 11.8 Å². The van der Waals surface area contributed by atoms with E-state index >= 15 is 0 Å². The lowest BCUT2D eigenvalue weighted by Crippen LogP contribution is -2.51. The summed E-state index contributed by atoms with van der Waals surface area (Å²) in [5, 5.41) is 3.18. The third-order valence-corrected chi connectivity index (χ3v) is 5.22. The van der Waals surface area contributed by atoms with E-state index in [1.54, 1.807) is 0 Å². The maximum absolute atomic E-state index is 12.3. The molecule has 120 valence electrons. The van der Waals surface area contributed by atoms with Crippen LogP contribution in [0.4, 0.5) is 0 Å². The SMILES string of the molecule is C[C@@H]1CCCC[C@@H]1NC(=O)CN1C[C@H](C(N)=O)CC[C@@H]1C. The lowest BCUT2D eigenvalue weighted by atomic mass is 9.86. The van der Waals surface area contributed by atoms with Crippen molar-refractivity contribution in [2.24, 2.45) is 17.6 Å². The molecule has 3 N–H and O–H groups in total. The number of likely N-dealkylation sites (tertiary alicyclic amines) is 1. The maximum atomic E-state index is 12.3. The van der Waals surface area contributed by atoms with Gasteiger partial charge in [-0.3, -0.25) is 14.5 Å². The molecule has 0 aromatic carbocycles. The number of nitrogens with zero attached hydrogens (tertiary/aromatic N) is 1. The van der Waals surface area contributed by atoms with Crippen LogP contribution in [0, 0.1) is 11.8 Å². The number of carbonyl (C=O) groups is 2. The summed E-state index contributed by atoms with van der Waals surface area (Å²) in [4.78, 5) is 25.7. The van der Waals surface area contributed by atoms with Crippen molar-refractivity contribution in [3.63, 3.8) is 0 Å². The summed E-state index contributed by atoms with van der Waals surface area (Å²) < 4.78 is 0. The van der Waals surface area contributed by atoms with E-state index in [2.05, 4.69) is 24.1 Å². The van der Waals surface area contributed by atoms with Crippen LogP contribution in [-0.2, 0) is 9.59 Å². The molecule has 4 atom stereocenters. The van der Waals surface area contributed by atoms with Gasteiger partial charge in [0.05, 0.1) is 12.5 Å². The molecule has 5 heteroatoms. The summed E-state index contributed by atoms with van der Waals surface area (Å²) in [5.41, 5.74) is 5.41. The van der Waals surface area contributed by atoms with Crippen LogP contribution in [0.3, 0.4) is 0 Å². The minimum absolute atomic E-state index is 0.0886. The fourth-order valence-electron chi connectivity index (χ4n) is 3.60. The molecule has 0 radical (unpaired) electrons. The van der Waals surface area contributed by atoms with Gasteiger partial charge in [0.1, 0.15) is 0 Å². The van der Waals surface area contributed by atoms with Crippen molar-refractivity contribution in [1.29, 1.82) is 0 Å². The molecule has 1 saturated heterocycles. The number of hydrogen-bond donors (Lipinski definition) is 2. The van der Waals surface area contributed by atoms with Gasteiger partial charge in [-0.15, -0.1) is 0 Å². The quantitative estimate of drug-likeness (QED) is 0.820. The number of piperidine rings is 1. The second-order valence-electron chi connectivity index (χ2n) is 6.89. The van der Waals surface area contributed by atoms with Gasteiger partial charge in [0, 0.05) is 18.6 Å². The highest BCUT2D eigenvalue weighted by atomic mass is 16.2. The zero-order valence-electron chi connectivity index (χ0n) is 13.3. The Morgan fingerprint density at radius 1 is 1.14 bits per heavy atom. The van der Waals surface area contributed by atoms with Crippen molar-refractivity contribution in [2.75, 3.05) is 13.1 Å². The van der Waals surface area contributed by atoms with Crippen molar-refractivity contribution in [1.82, 2.24) is 10.2 Å². The zero-order valence-corrected chi connectivity index (χ0v) is 13.3. The van der Waals surface area contributed by atoms with E-state index in [1.807, 2.05) is 0 Å². The van der Waals surface area contributed by atoms with Crippen molar-refractivity contribution in [2.45, 2.75) is 64.5 Å². The fraction of sp³-hybridized carbons (Fsp3) is 0.875. The Bertz CT molecular complexity index is 386. The van der Waals surface area contributed by atoms with Gasteiger partial charge in [-0.25, -0.2) is 0 Å². The van der Waals surface area contributed by atoms with Crippen LogP contribution in [0.1, 0.15) is 52.4 Å². The Morgan fingerprint density at radius 3 is 2.52 bits per heavy atom. The van der Waals surface area contributed by atoms with E-state index in [4.69, 9.17) is 5.73 Å². The number of nitrogens with two attached hydrogens (primary N) is 1. The van der Waals surface area contributed by atoms with E-state index in [-0.39, 0.29) is 17.7 Å². The molecule has 1 heterocycles. The van der Waals surface area contributed by atoms with Gasteiger partial charge in [0.25, 0.3) is 0 Å². The Hall–Kier alpha value is -1.10. The van der Waals surface area contributed by atoms with Gasteiger partial charge in [-0.05, 0) is 38.5 Å². The van der Waals surface area contributed by atoms with Crippen LogP contribution < -0.4 is 11.1 Å². The van der Waals surface area contributed by atoms with Crippen LogP contribution in [-0.4, -0.2) is 41.9 Å². The highest BCUT2D eigenvalue weighted by Crippen LogP contribution is 2.24. The van der Waals surface area contributed by atoms with Crippen LogP contribution in [0.2, 0.25) is 0 Å². The predicted octanol–water partition coefficient (Wildman–Crippen LogP) is 1.27. The third kappa shape index (κ3) is 4.43. The molecule has 1 saturated carbocycles. The third-order valence-electron chi connectivity index (χ3n) is 5.22. The fourth-order valence-corrected chi connectivity index (χ4v) is 3.60. The first-order valence-electron chi connectivity index (χ1n) is 8.30. The Balaban J connectivity index is 1.84. The Morgan fingerprint density at radius 2 is 1.86 bits per heavy atom. The van der Waals surface area contributed by atoms with Crippen molar-refractivity contribution >= 4 is 11.8 Å². The number of carbonyl (C=O) groups excluding carboxylic acids is 2. The lowest BCUT2D eigenvalue weighted by Gasteiger charge is -2.37. The van der Waals surface area contributed by atoms with Crippen LogP contribution in [0.15, 0.2) is 0 Å². The highest BCUT2D eigenvalue weighted by Gasteiger charge is 2.30. The molecule has 2 amide bonds. The summed E-state index contributed by atoms with van der Waals surface area (Å²) in [6.07, 6.45) is 6.55. The monoisotopic (exact) mass is 295 g/mol. The zero-order chi connectivity index (χ0) is 15.4. The van der Waals surface area contributed by atoms with E-state index in [0.717, 1.165) is 19.3 Å². The molecule has 0 aromatic heterocycles. The van der Waals surface area contributed by atoms with E-state index in [9.17, 15) is 9.59 Å². The van der Waals surface area contributed by atoms with Gasteiger partial charge >= 0.3 is 0 Å². The van der Waals surface area contributed by atoms with Crippen molar-refractivity contribution in [3.8, 4) is 0 Å². The highest BCUT2D eigenvalue weighted by molar-refractivity contribution is 5.79. The maximum Gasteiger partial charge on any atom is 0.234 e. The number of primary amides is 1. The number of rotatable bonds is 4. The largest absolute Gasteiger partial charge is 0.369 e. The molecule has 0 bridgehead atoms. The van der Waals surface area contributed by atoms with Gasteiger partial charge in [0.15, 0.2) is 0 Å². The number of hydrogen-bond acceptors (Lipinski definition) is 3. The average molecular weight is 295 g/mol. The first-order valence-corrected chi connectivity index (χ1v) is 8.30. The molecule has 0 unspecified atom stereocenters. The summed E-state index contributed by atoms with van der Waals surface area (Å²) in [6, 6.07) is 0.661. The minimum Gasteiger partial charge on any atom is -0.369 e. The van der Waals surface area contributed by atoms with Crippen LogP contribution >= 0.6 is 0 Å². The molecule has 5 nitrogen and oxygen atoms in total. The van der Waals surface area contributed by atoms with Crippen molar-refractivity contribution in [3.05, 3.63) is 0 Å². The molecule has 1 aliphatic carbocycles. The van der Waals surface area contributed by atoms with Gasteiger partial charge < -0.3 is 11.1 Å². The molecule has 1 aliphatic heterocycles. The van der Waals surface area contributed by atoms with Gasteiger partial charge in [-0.1, -0.05) is 19.8 Å². The number of nitrogens with one attached hydrogen (secondary N) is 1. The smallest absolute Gasteiger partial charge is 0.234 e. The summed E-state index contributed by atoms with van der Waals surface area (Å²) in [7, 11) is 0. The molecule has 2 rings (SSSR count). The van der Waals surface area contributed by atoms with E-state index in [0.29, 0.717) is 31.1 Å². The number of amides is 2. The summed E-state index contributed by atoms with van der Waals surface area (Å²) in [6.45, 7) is 5.34. The van der Waals surface area contributed by atoms with Crippen LogP contribution in [0.25, 0.3) is 0 Å². The van der Waals surface area contributed by atoms with Crippen LogP contribution in [0.5, 0.6) is 0 Å². The standard InChI is InChI=1S/C16H29N3O2/c1-11-5-3-4-6-14(11)18-15(20)10-19-9-13(16(17)21)8-7-12(19)2/h11-14H,3-10H2,1-2H3,(H2,17,21)(H,18,20)/t11-,12+,13-,14+/m1/s1. The molecule has 21 heavy (non-hydrogen) atoms. The minimum atomic E-state index is -0.242. The topological polar surface area (TPSA) is 75.4 Å². The van der Waals surface area contributed by atoms with E-state index < -0.39 is 0 Å². The molecular formula is C16H29N3O2. The predicted molar refractivity (Wildman–Crippen MR) is 82.5 cm³/mol. The second-order valence-corrected chi connectivity index (χ2v) is 6.89. The first kappa shape index (κ1) is 16.3. The molecule has 0 spiro atoms. The molecule has 2 fully saturated rings. The summed E-state index contributed by atoms with van der Waals surface area (Å²) in [5.74, 6) is 0.307. The Kier molecular flexibility index (Phi) is 5.62. The molecule has 2 aliphatic rings.